The van der Waals surface area contributed by atoms with Gasteiger partial charge in [0.05, 0.1) is 6.04 Å². The van der Waals surface area contributed by atoms with Crippen LogP contribution in [-0.4, -0.2) is 0 Å². The van der Waals surface area contributed by atoms with Crippen LogP contribution < -0.4 is 11.3 Å². The largest absolute Gasteiger partial charge is 0.271 e. The molecule has 14 heavy (non-hydrogen) atoms. The first-order valence-electron chi connectivity index (χ1n) is 5.22. The van der Waals surface area contributed by atoms with Crippen molar-refractivity contribution in [1.29, 1.82) is 0 Å². The standard InChI is InChI=1S/C11H20N2S/c1-4-9-5-6-11(14-9)10(13-12)7-8(2)3/h5-6,8,10,13H,4,7,12H2,1-3H3. The number of hydrogen-bond acceptors (Lipinski definition) is 3. The van der Waals surface area contributed by atoms with Gasteiger partial charge < -0.3 is 0 Å². The maximum absolute atomic E-state index is 5.56. The average molecular weight is 212 g/mol. The van der Waals surface area contributed by atoms with E-state index in [4.69, 9.17) is 5.84 Å². The van der Waals surface area contributed by atoms with Gasteiger partial charge in [0, 0.05) is 9.75 Å². The van der Waals surface area contributed by atoms with Crippen LogP contribution in [0.2, 0.25) is 0 Å². The lowest BCUT2D eigenvalue weighted by molar-refractivity contribution is 0.443. The Morgan fingerprint density at radius 3 is 2.57 bits per heavy atom. The third-order valence-corrected chi connectivity index (χ3v) is 3.63. The molecule has 0 radical (unpaired) electrons. The van der Waals surface area contributed by atoms with Gasteiger partial charge in [-0.2, -0.15) is 0 Å². The van der Waals surface area contributed by atoms with Crippen LogP contribution in [0, 0.1) is 5.92 Å². The molecule has 1 aromatic heterocycles. The maximum atomic E-state index is 5.56. The Bertz CT molecular complexity index is 268. The number of hydrogen-bond donors (Lipinski definition) is 2. The van der Waals surface area contributed by atoms with E-state index in [0.717, 1.165) is 12.8 Å². The predicted octanol–water partition coefficient (Wildman–Crippen LogP) is 2.86. The van der Waals surface area contributed by atoms with Crippen molar-refractivity contribution in [3.8, 4) is 0 Å². The van der Waals surface area contributed by atoms with Gasteiger partial charge in [0.15, 0.2) is 0 Å². The van der Waals surface area contributed by atoms with E-state index in [2.05, 4.69) is 38.3 Å². The number of nitrogens with two attached hydrogens (primary N) is 1. The Kier molecular flexibility index (Phi) is 4.58. The van der Waals surface area contributed by atoms with Crippen molar-refractivity contribution in [3.05, 3.63) is 21.9 Å². The highest BCUT2D eigenvalue weighted by Gasteiger charge is 2.13. The molecular formula is C11H20N2S. The number of nitrogens with one attached hydrogen (secondary N) is 1. The molecule has 1 unspecified atom stereocenters. The average Bonchev–Trinajstić information content (AvgIpc) is 2.62. The summed E-state index contributed by atoms with van der Waals surface area (Å²) in [6, 6.07) is 4.71. The van der Waals surface area contributed by atoms with Crippen LogP contribution in [0.1, 0.15) is 43.0 Å². The van der Waals surface area contributed by atoms with Crippen LogP contribution in [0.3, 0.4) is 0 Å². The van der Waals surface area contributed by atoms with Crippen LogP contribution in [0.15, 0.2) is 12.1 Å². The highest BCUT2D eigenvalue weighted by molar-refractivity contribution is 7.12. The number of rotatable bonds is 5. The molecule has 0 spiro atoms. The Labute approximate surface area is 90.5 Å². The Hall–Kier alpha value is -0.380. The molecule has 2 nitrogen and oxygen atoms in total. The van der Waals surface area contributed by atoms with E-state index < -0.39 is 0 Å². The summed E-state index contributed by atoms with van der Waals surface area (Å²) in [5.74, 6) is 6.23. The summed E-state index contributed by atoms with van der Waals surface area (Å²) in [7, 11) is 0. The molecule has 0 saturated heterocycles. The topological polar surface area (TPSA) is 38.0 Å². The van der Waals surface area contributed by atoms with E-state index in [1.165, 1.54) is 9.75 Å². The van der Waals surface area contributed by atoms with Crippen molar-refractivity contribution in [3.63, 3.8) is 0 Å². The fraction of sp³-hybridized carbons (Fsp3) is 0.636. The molecule has 1 heterocycles. The van der Waals surface area contributed by atoms with Crippen molar-refractivity contribution in [1.82, 2.24) is 5.43 Å². The minimum atomic E-state index is 0.320. The molecule has 0 aliphatic carbocycles. The van der Waals surface area contributed by atoms with Gasteiger partial charge in [0.1, 0.15) is 0 Å². The fourth-order valence-corrected chi connectivity index (χ4v) is 2.54. The third-order valence-electron chi connectivity index (χ3n) is 2.28. The zero-order chi connectivity index (χ0) is 10.6. The summed E-state index contributed by atoms with van der Waals surface area (Å²) in [4.78, 5) is 2.79. The summed E-state index contributed by atoms with van der Waals surface area (Å²) < 4.78 is 0. The number of aryl methyl sites for hydroxylation is 1. The van der Waals surface area contributed by atoms with E-state index in [1.54, 1.807) is 0 Å². The second-order valence-electron chi connectivity index (χ2n) is 4.01. The molecule has 3 heteroatoms. The molecule has 1 rings (SSSR count). The van der Waals surface area contributed by atoms with E-state index in [-0.39, 0.29) is 0 Å². The van der Waals surface area contributed by atoms with Crippen LogP contribution in [0.4, 0.5) is 0 Å². The van der Waals surface area contributed by atoms with Crippen molar-refractivity contribution in [2.75, 3.05) is 0 Å². The van der Waals surface area contributed by atoms with Gasteiger partial charge in [-0.3, -0.25) is 11.3 Å². The molecule has 1 aromatic rings. The van der Waals surface area contributed by atoms with Crippen molar-refractivity contribution >= 4 is 11.3 Å². The van der Waals surface area contributed by atoms with Gasteiger partial charge >= 0.3 is 0 Å². The minimum absolute atomic E-state index is 0.320. The molecule has 0 fully saturated rings. The number of hydrazine groups is 1. The summed E-state index contributed by atoms with van der Waals surface area (Å²) in [6.45, 7) is 6.63. The first-order valence-corrected chi connectivity index (χ1v) is 6.03. The summed E-state index contributed by atoms with van der Waals surface area (Å²) in [5.41, 5.74) is 2.90. The molecule has 0 aliphatic heterocycles. The molecule has 3 N–H and O–H groups in total. The lowest BCUT2D eigenvalue weighted by Crippen LogP contribution is -2.28. The highest BCUT2D eigenvalue weighted by atomic mass is 32.1. The summed E-state index contributed by atoms with van der Waals surface area (Å²) >= 11 is 1.87. The SMILES string of the molecule is CCc1ccc(C(CC(C)C)NN)s1. The van der Waals surface area contributed by atoms with E-state index in [9.17, 15) is 0 Å². The normalized spacial score (nSPS) is 13.5. The van der Waals surface area contributed by atoms with Gasteiger partial charge in [-0.05, 0) is 30.9 Å². The quantitative estimate of drug-likeness (QED) is 0.582. The third kappa shape index (κ3) is 3.08. The molecule has 0 aliphatic rings. The monoisotopic (exact) mass is 212 g/mol. The van der Waals surface area contributed by atoms with Crippen LogP contribution >= 0.6 is 11.3 Å². The summed E-state index contributed by atoms with van der Waals surface area (Å²) in [5, 5.41) is 0. The molecule has 80 valence electrons. The highest BCUT2D eigenvalue weighted by Crippen LogP contribution is 2.27. The van der Waals surface area contributed by atoms with Gasteiger partial charge in [-0.1, -0.05) is 20.8 Å². The molecule has 0 aromatic carbocycles. The van der Waals surface area contributed by atoms with Crippen molar-refractivity contribution in [2.24, 2.45) is 11.8 Å². The molecule has 0 saturated carbocycles. The minimum Gasteiger partial charge on any atom is -0.271 e. The fourth-order valence-electron chi connectivity index (χ4n) is 1.51. The van der Waals surface area contributed by atoms with Crippen LogP contribution in [-0.2, 0) is 6.42 Å². The number of thiophene rings is 1. The van der Waals surface area contributed by atoms with E-state index in [1.807, 2.05) is 11.3 Å². The lowest BCUT2D eigenvalue weighted by atomic mass is 10.0. The van der Waals surface area contributed by atoms with Crippen LogP contribution in [0.5, 0.6) is 0 Å². The molecule has 0 bridgehead atoms. The first-order chi connectivity index (χ1) is 6.67. The molecule has 1 atom stereocenters. The Morgan fingerprint density at radius 1 is 1.43 bits per heavy atom. The van der Waals surface area contributed by atoms with E-state index in [0.29, 0.717) is 12.0 Å². The van der Waals surface area contributed by atoms with Gasteiger partial charge in [0.2, 0.25) is 0 Å². The Morgan fingerprint density at radius 2 is 2.14 bits per heavy atom. The second-order valence-corrected chi connectivity index (χ2v) is 5.21. The maximum Gasteiger partial charge on any atom is 0.0555 e. The van der Waals surface area contributed by atoms with Gasteiger partial charge in [-0.15, -0.1) is 11.3 Å². The molecular weight excluding hydrogens is 192 g/mol. The van der Waals surface area contributed by atoms with Crippen molar-refractivity contribution < 1.29 is 0 Å². The summed E-state index contributed by atoms with van der Waals surface area (Å²) in [6.07, 6.45) is 2.21. The predicted molar refractivity (Wildman–Crippen MR) is 63.2 cm³/mol. The zero-order valence-electron chi connectivity index (χ0n) is 9.21. The van der Waals surface area contributed by atoms with Crippen molar-refractivity contribution in [2.45, 2.75) is 39.7 Å². The Balaban J connectivity index is 2.68. The first kappa shape index (κ1) is 11.7. The lowest BCUT2D eigenvalue weighted by Gasteiger charge is -2.16. The van der Waals surface area contributed by atoms with Crippen LogP contribution in [0.25, 0.3) is 0 Å². The zero-order valence-corrected chi connectivity index (χ0v) is 10.0. The van der Waals surface area contributed by atoms with Gasteiger partial charge in [0.25, 0.3) is 0 Å². The van der Waals surface area contributed by atoms with E-state index >= 15 is 0 Å². The smallest absolute Gasteiger partial charge is 0.0555 e. The second kappa shape index (κ2) is 5.49. The van der Waals surface area contributed by atoms with Gasteiger partial charge in [-0.25, -0.2) is 0 Å². The molecule has 0 amide bonds.